The van der Waals surface area contributed by atoms with Crippen LogP contribution in [0.5, 0.6) is 0 Å². The quantitative estimate of drug-likeness (QED) is 0.626. The van der Waals surface area contributed by atoms with Gasteiger partial charge in [-0.15, -0.1) is 0 Å². The van der Waals surface area contributed by atoms with E-state index < -0.39 is 11.7 Å². The summed E-state index contributed by atoms with van der Waals surface area (Å²) < 4.78 is 38.1. The average molecular weight is 363 g/mol. The van der Waals surface area contributed by atoms with Crippen molar-refractivity contribution in [3.63, 3.8) is 0 Å². The number of halogens is 3. The molecule has 2 aliphatic rings. The molecule has 3 N–H and O–H groups in total. The third kappa shape index (κ3) is 4.44. The van der Waals surface area contributed by atoms with E-state index >= 15 is 0 Å². The molecule has 138 valence electrons. The second kappa shape index (κ2) is 6.86. The molecular formula is C18H20F3N5. The Kier molecular flexibility index (Phi) is 4.76. The predicted octanol–water partition coefficient (Wildman–Crippen LogP) is 4.09. The number of rotatable bonds is 4. The number of benzene rings is 1. The maximum absolute atomic E-state index is 12.7. The van der Waals surface area contributed by atoms with Crippen LogP contribution in [-0.4, -0.2) is 16.7 Å². The number of hydrogen-bond acceptors (Lipinski definition) is 3. The molecule has 0 saturated heterocycles. The van der Waals surface area contributed by atoms with E-state index in [1.165, 1.54) is 17.1 Å². The molecule has 1 aromatic rings. The fraction of sp³-hybridized carbons (Fsp3) is 0.333. The highest BCUT2D eigenvalue weighted by atomic mass is 19.4. The van der Waals surface area contributed by atoms with Crippen molar-refractivity contribution in [3.05, 3.63) is 54.0 Å². The first-order valence-corrected chi connectivity index (χ1v) is 8.25. The van der Waals surface area contributed by atoms with Crippen LogP contribution in [0.25, 0.3) is 0 Å². The number of allylic oxidation sites excluding steroid dienone is 1. The first-order chi connectivity index (χ1) is 12.2. The summed E-state index contributed by atoms with van der Waals surface area (Å²) in [6.45, 7) is 5.75. The minimum absolute atomic E-state index is 0.382. The molecule has 3 rings (SSSR count). The van der Waals surface area contributed by atoms with Crippen LogP contribution in [0, 0.1) is 5.92 Å². The van der Waals surface area contributed by atoms with Crippen molar-refractivity contribution >= 4 is 17.4 Å². The Morgan fingerprint density at radius 2 is 1.96 bits per heavy atom. The summed E-state index contributed by atoms with van der Waals surface area (Å²) in [4.78, 5) is 4.41. The molecule has 1 aromatic carbocycles. The zero-order valence-corrected chi connectivity index (χ0v) is 14.3. The zero-order chi connectivity index (χ0) is 18.9. The Labute approximate surface area is 149 Å². The lowest BCUT2D eigenvalue weighted by molar-refractivity contribution is -0.137. The monoisotopic (exact) mass is 363 g/mol. The normalized spacial score (nSPS) is 20.2. The van der Waals surface area contributed by atoms with Crippen LogP contribution in [0.15, 0.2) is 58.5 Å². The molecule has 0 aromatic heterocycles. The van der Waals surface area contributed by atoms with Gasteiger partial charge in [-0.3, -0.25) is 0 Å². The molecule has 8 heteroatoms. The lowest BCUT2D eigenvalue weighted by Gasteiger charge is -2.27. The number of aliphatic imine (C=N–C) groups is 1. The Balaban J connectivity index is 1.88. The lowest BCUT2D eigenvalue weighted by atomic mass is 10.2. The fourth-order valence-electron chi connectivity index (χ4n) is 2.55. The van der Waals surface area contributed by atoms with Crippen molar-refractivity contribution < 1.29 is 13.2 Å². The molecule has 1 aliphatic heterocycles. The number of hydrazone groups is 1. The molecule has 1 saturated carbocycles. The SMILES string of the molecule is C=C1NC(C)=CC(=Nc2ccc(C(F)(F)F)cc2)N1/N=C(\N)CC1CC1. The maximum atomic E-state index is 12.7. The number of hydrogen-bond donors (Lipinski definition) is 2. The van der Waals surface area contributed by atoms with E-state index in [-0.39, 0.29) is 0 Å². The van der Waals surface area contributed by atoms with Gasteiger partial charge in [0.1, 0.15) is 11.7 Å². The number of alkyl halides is 3. The van der Waals surface area contributed by atoms with Crippen LogP contribution < -0.4 is 11.1 Å². The first-order valence-electron chi connectivity index (χ1n) is 8.25. The number of nitrogens with one attached hydrogen (secondary N) is 1. The van der Waals surface area contributed by atoms with Gasteiger partial charge in [0.2, 0.25) is 0 Å². The lowest BCUT2D eigenvalue weighted by Crippen LogP contribution is -2.37. The van der Waals surface area contributed by atoms with Gasteiger partial charge in [0, 0.05) is 18.2 Å². The average Bonchev–Trinajstić information content (AvgIpc) is 3.34. The van der Waals surface area contributed by atoms with Gasteiger partial charge in [0.15, 0.2) is 5.84 Å². The Hall–Kier alpha value is -2.77. The number of nitrogens with zero attached hydrogens (tertiary/aromatic N) is 3. The van der Waals surface area contributed by atoms with Crippen LogP contribution in [0.3, 0.4) is 0 Å². The third-order valence-corrected chi connectivity index (χ3v) is 4.02. The molecule has 1 fully saturated rings. The van der Waals surface area contributed by atoms with E-state index in [1.54, 1.807) is 6.08 Å². The summed E-state index contributed by atoms with van der Waals surface area (Å²) in [6.07, 6.45) is 0.376. The molecule has 26 heavy (non-hydrogen) atoms. The summed E-state index contributed by atoms with van der Waals surface area (Å²) in [7, 11) is 0. The van der Waals surface area contributed by atoms with Gasteiger partial charge in [-0.25, -0.2) is 4.99 Å². The van der Waals surface area contributed by atoms with Crippen LogP contribution in [0.4, 0.5) is 18.9 Å². The fourth-order valence-corrected chi connectivity index (χ4v) is 2.55. The van der Waals surface area contributed by atoms with Crippen molar-refractivity contribution in [1.29, 1.82) is 0 Å². The molecule has 0 amide bonds. The summed E-state index contributed by atoms with van der Waals surface area (Å²) in [5.74, 6) is 1.97. The van der Waals surface area contributed by atoms with Gasteiger partial charge >= 0.3 is 6.18 Å². The molecule has 0 spiro atoms. The first kappa shape index (κ1) is 18.0. The summed E-state index contributed by atoms with van der Waals surface area (Å²) >= 11 is 0. The highest BCUT2D eigenvalue weighted by molar-refractivity contribution is 5.98. The van der Waals surface area contributed by atoms with Crippen molar-refractivity contribution in [1.82, 2.24) is 10.3 Å². The van der Waals surface area contributed by atoms with E-state index in [4.69, 9.17) is 5.73 Å². The van der Waals surface area contributed by atoms with Crippen LogP contribution in [0.1, 0.15) is 31.7 Å². The van der Waals surface area contributed by atoms with E-state index in [9.17, 15) is 13.2 Å². The van der Waals surface area contributed by atoms with Crippen LogP contribution >= 0.6 is 0 Å². The smallest absolute Gasteiger partial charge is 0.386 e. The minimum atomic E-state index is -4.38. The van der Waals surface area contributed by atoms with Gasteiger partial charge in [0.05, 0.1) is 11.3 Å². The van der Waals surface area contributed by atoms with Crippen LogP contribution in [-0.2, 0) is 6.18 Å². The molecule has 0 bridgehead atoms. The standard InChI is InChI=1S/C18H20F3N5/c1-11-9-17(24-15-7-5-14(6-8-15)18(19,20)21)26(12(2)23-11)25-16(22)10-13-3-4-13/h5-9,13,23H,2-4,10H2,1H3,(H2,22,25). The summed E-state index contributed by atoms with van der Waals surface area (Å²) in [5.41, 5.74) is 6.47. The maximum Gasteiger partial charge on any atom is 0.416 e. The summed E-state index contributed by atoms with van der Waals surface area (Å²) in [5, 5.41) is 8.90. The second-order valence-corrected chi connectivity index (χ2v) is 6.46. The molecule has 0 unspecified atom stereocenters. The van der Waals surface area contributed by atoms with Crippen molar-refractivity contribution in [3.8, 4) is 0 Å². The summed E-state index contributed by atoms with van der Waals surface area (Å²) in [6, 6.07) is 4.64. The molecular weight excluding hydrogens is 343 g/mol. The highest BCUT2D eigenvalue weighted by Crippen LogP contribution is 2.32. The van der Waals surface area contributed by atoms with Crippen molar-refractivity contribution in [2.45, 2.75) is 32.4 Å². The van der Waals surface area contributed by atoms with Gasteiger partial charge in [-0.05, 0) is 49.9 Å². The van der Waals surface area contributed by atoms with E-state index in [2.05, 4.69) is 22.0 Å². The Morgan fingerprint density at radius 3 is 2.54 bits per heavy atom. The second-order valence-electron chi connectivity index (χ2n) is 6.46. The Morgan fingerprint density at radius 1 is 1.31 bits per heavy atom. The number of amidine groups is 2. The highest BCUT2D eigenvalue weighted by Gasteiger charge is 2.30. The van der Waals surface area contributed by atoms with E-state index in [0.717, 1.165) is 30.7 Å². The molecule has 0 radical (unpaired) electrons. The van der Waals surface area contributed by atoms with Gasteiger partial charge < -0.3 is 11.1 Å². The minimum Gasteiger partial charge on any atom is -0.386 e. The molecule has 1 aliphatic carbocycles. The van der Waals surface area contributed by atoms with Crippen molar-refractivity contribution in [2.75, 3.05) is 0 Å². The molecule has 1 heterocycles. The van der Waals surface area contributed by atoms with Crippen molar-refractivity contribution in [2.24, 2.45) is 21.7 Å². The van der Waals surface area contributed by atoms with Gasteiger partial charge in [-0.1, -0.05) is 6.58 Å². The Bertz CT molecular complexity index is 786. The van der Waals surface area contributed by atoms with Gasteiger partial charge in [-0.2, -0.15) is 23.3 Å². The molecule has 5 nitrogen and oxygen atoms in total. The topological polar surface area (TPSA) is 66.0 Å². The van der Waals surface area contributed by atoms with E-state index in [1.807, 2.05) is 6.92 Å². The van der Waals surface area contributed by atoms with E-state index in [0.29, 0.717) is 35.5 Å². The number of nitrogens with two attached hydrogens (primary N) is 1. The zero-order valence-electron chi connectivity index (χ0n) is 14.3. The predicted molar refractivity (Wildman–Crippen MR) is 95.4 cm³/mol. The third-order valence-electron chi connectivity index (χ3n) is 4.02. The van der Waals surface area contributed by atoms with Gasteiger partial charge in [0.25, 0.3) is 0 Å². The van der Waals surface area contributed by atoms with Crippen LogP contribution in [0.2, 0.25) is 0 Å². The molecule has 0 atom stereocenters. The largest absolute Gasteiger partial charge is 0.416 e.